The molecule has 1 aromatic carbocycles. The molecule has 0 spiro atoms. The van der Waals surface area contributed by atoms with Gasteiger partial charge in [-0.3, -0.25) is 10.1 Å². The number of nitro groups is 1. The Morgan fingerprint density at radius 2 is 2.29 bits per heavy atom. The van der Waals surface area contributed by atoms with Gasteiger partial charge in [-0.05, 0) is 6.07 Å². The summed E-state index contributed by atoms with van der Waals surface area (Å²) in [6, 6.07) is 4.34. The van der Waals surface area contributed by atoms with Gasteiger partial charge in [-0.1, -0.05) is 23.7 Å². The Kier molecular flexibility index (Phi) is 3.19. The molecule has 0 aliphatic rings. The fourth-order valence-electron chi connectivity index (χ4n) is 0.910. The lowest BCUT2D eigenvalue weighted by Crippen LogP contribution is -1.94. The molecule has 0 aromatic heterocycles. The smallest absolute Gasteiger partial charge is 0.243 e. The van der Waals surface area contributed by atoms with Crippen LogP contribution >= 0.6 is 11.6 Å². The van der Waals surface area contributed by atoms with E-state index in [1.165, 1.54) is 25.1 Å². The maximum atomic E-state index is 13.2. The summed E-state index contributed by atoms with van der Waals surface area (Å²) in [7, 11) is 0. The third kappa shape index (κ3) is 2.29. The third-order valence-electron chi connectivity index (χ3n) is 1.63. The van der Waals surface area contributed by atoms with Crippen molar-refractivity contribution in [3.05, 3.63) is 50.4 Å². The molecule has 0 atom stereocenters. The van der Waals surface area contributed by atoms with Crippen molar-refractivity contribution in [2.45, 2.75) is 6.92 Å². The fourth-order valence-corrected chi connectivity index (χ4v) is 1.09. The summed E-state index contributed by atoms with van der Waals surface area (Å²) in [5.74, 6) is -0.643. The molecule has 74 valence electrons. The van der Waals surface area contributed by atoms with E-state index in [0.29, 0.717) is 0 Å². The second-order valence-electron chi connectivity index (χ2n) is 2.69. The normalized spacial score (nSPS) is 11.5. The molecule has 0 N–H and O–H groups in total. The molecule has 0 bridgehead atoms. The van der Waals surface area contributed by atoms with Crippen LogP contribution in [0.4, 0.5) is 4.39 Å². The van der Waals surface area contributed by atoms with Crippen LogP contribution < -0.4 is 0 Å². The van der Waals surface area contributed by atoms with Gasteiger partial charge >= 0.3 is 0 Å². The summed E-state index contributed by atoms with van der Waals surface area (Å²) in [6.45, 7) is 1.29. The van der Waals surface area contributed by atoms with Crippen LogP contribution in [0.15, 0.2) is 23.9 Å². The number of rotatable bonds is 2. The molecule has 0 saturated heterocycles. The highest BCUT2D eigenvalue weighted by Crippen LogP contribution is 2.19. The molecule has 5 heteroatoms. The quantitative estimate of drug-likeness (QED) is 0.562. The first-order valence-corrected chi connectivity index (χ1v) is 4.17. The Bertz CT molecular complexity index is 404. The Labute approximate surface area is 85.0 Å². The molecular formula is C9H7ClFNO2. The largest absolute Gasteiger partial charge is 0.259 e. The van der Waals surface area contributed by atoms with Crippen LogP contribution in [-0.4, -0.2) is 4.92 Å². The van der Waals surface area contributed by atoms with Crippen molar-refractivity contribution in [1.29, 1.82) is 0 Å². The van der Waals surface area contributed by atoms with E-state index in [9.17, 15) is 14.5 Å². The summed E-state index contributed by atoms with van der Waals surface area (Å²) >= 11 is 5.50. The molecule has 1 aromatic rings. The van der Waals surface area contributed by atoms with Crippen LogP contribution in [0.1, 0.15) is 12.5 Å². The van der Waals surface area contributed by atoms with Gasteiger partial charge in [-0.2, -0.15) is 0 Å². The average molecular weight is 216 g/mol. The number of halogens is 2. The van der Waals surface area contributed by atoms with Crippen LogP contribution in [0.5, 0.6) is 0 Å². The second kappa shape index (κ2) is 4.19. The lowest BCUT2D eigenvalue weighted by molar-refractivity contribution is -0.422. The first-order chi connectivity index (χ1) is 6.52. The zero-order chi connectivity index (χ0) is 10.7. The van der Waals surface area contributed by atoms with E-state index < -0.39 is 10.7 Å². The molecule has 0 fully saturated rings. The molecule has 1 rings (SSSR count). The van der Waals surface area contributed by atoms with Crippen molar-refractivity contribution in [1.82, 2.24) is 0 Å². The lowest BCUT2D eigenvalue weighted by Gasteiger charge is -1.98. The predicted octanol–water partition coefficient (Wildman–Crippen LogP) is 3.12. The maximum absolute atomic E-state index is 13.2. The number of allylic oxidation sites excluding steroid dienone is 1. The zero-order valence-corrected chi connectivity index (χ0v) is 8.08. The van der Waals surface area contributed by atoms with Gasteiger partial charge in [0.2, 0.25) is 5.70 Å². The van der Waals surface area contributed by atoms with Gasteiger partial charge in [0.15, 0.2) is 0 Å². The molecular weight excluding hydrogens is 209 g/mol. The van der Waals surface area contributed by atoms with E-state index in [0.717, 1.165) is 6.08 Å². The first kappa shape index (κ1) is 10.7. The Morgan fingerprint density at radius 1 is 1.64 bits per heavy atom. The number of nitrogens with zero attached hydrogens (tertiary/aromatic N) is 1. The highest BCUT2D eigenvalue weighted by Gasteiger charge is 2.07. The number of benzene rings is 1. The van der Waals surface area contributed by atoms with E-state index in [-0.39, 0.29) is 16.3 Å². The van der Waals surface area contributed by atoms with Crippen LogP contribution in [0, 0.1) is 15.9 Å². The molecule has 0 unspecified atom stereocenters. The van der Waals surface area contributed by atoms with Gasteiger partial charge in [-0.25, -0.2) is 4.39 Å². The molecule has 0 aliphatic heterocycles. The topological polar surface area (TPSA) is 43.1 Å². The molecule has 0 radical (unpaired) electrons. The summed E-state index contributed by atoms with van der Waals surface area (Å²) in [4.78, 5) is 9.70. The highest BCUT2D eigenvalue weighted by atomic mass is 35.5. The predicted molar refractivity (Wildman–Crippen MR) is 52.1 cm³/mol. The highest BCUT2D eigenvalue weighted by molar-refractivity contribution is 6.30. The molecule has 3 nitrogen and oxygen atoms in total. The first-order valence-electron chi connectivity index (χ1n) is 3.79. The molecule has 14 heavy (non-hydrogen) atoms. The third-order valence-corrected chi connectivity index (χ3v) is 1.93. The Hall–Kier alpha value is -1.42. The zero-order valence-electron chi connectivity index (χ0n) is 7.33. The van der Waals surface area contributed by atoms with E-state index in [1.807, 2.05) is 0 Å². The maximum Gasteiger partial charge on any atom is 0.243 e. The Balaban J connectivity index is 3.15. The Morgan fingerprint density at radius 3 is 2.86 bits per heavy atom. The number of hydrogen-bond acceptors (Lipinski definition) is 2. The van der Waals surface area contributed by atoms with Gasteiger partial charge in [0.1, 0.15) is 5.82 Å². The minimum absolute atomic E-state index is 0.0464. The SMILES string of the molecule is CC(=Cc1cccc(Cl)c1F)[N+](=O)[O-]. The van der Waals surface area contributed by atoms with E-state index >= 15 is 0 Å². The standard InChI is InChI=1S/C9H7ClFNO2/c1-6(12(13)14)5-7-3-2-4-8(10)9(7)11/h2-5H,1H3. The van der Waals surface area contributed by atoms with Crippen LogP contribution in [0.2, 0.25) is 5.02 Å². The van der Waals surface area contributed by atoms with Crippen molar-refractivity contribution < 1.29 is 9.31 Å². The van der Waals surface area contributed by atoms with Crippen LogP contribution in [0.25, 0.3) is 6.08 Å². The molecule has 0 amide bonds. The van der Waals surface area contributed by atoms with Crippen molar-refractivity contribution in [2.24, 2.45) is 0 Å². The minimum Gasteiger partial charge on any atom is -0.259 e. The molecule has 0 saturated carbocycles. The van der Waals surface area contributed by atoms with Crippen molar-refractivity contribution in [2.75, 3.05) is 0 Å². The monoisotopic (exact) mass is 215 g/mol. The number of hydrogen-bond donors (Lipinski definition) is 0. The summed E-state index contributed by atoms with van der Waals surface area (Å²) in [5, 5.41) is 10.2. The fraction of sp³-hybridized carbons (Fsp3) is 0.111. The molecule has 0 heterocycles. The second-order valence-corrected chi connectivity index (χ2v) is 3.09. The van der Waals surface area contributed by atoms with Gasteiger partial charge < -0.3 is 0 Å². The van der Waals surface area contributed by atoms with Crippen molar-refractivity contribution in [3.63, 3.8) is 0 Å². The van der Waals surface area contributed by atoms with Crippen molar-refractivity contribution in [3.8, 4) is 0 Å². The van der Waals surface area contributed by atoms with Gasteiger partial charge in [-0.15, -0.1) is 0 Å². The van der Waals surface area contributed by atoms with Gasteiger partial charge in [0.25, 0.3) is 0 Å². The minimum atomic E-state index is -0.643. The van der Waals surface area contributed by atoms with Crippen LogP contribution in [0.3, 0.4) is 0 Å². The summed E-state index contributed by atoms with van der Waals surface area (Å²) in [5.41, 5.74) is -0.0159. The van der Waals surface area contributed by atoms with Crippen molar-refractivity contribution >= 4 is 17.7 Å². The van der Waals surface area contributed by atoms with E-state index in [1.54, 1.807) is 0 Å². The molecule has 0 aliphatic carbocycles. The summed E-state index contributed by atoms with van der Waals surface area (Å²) < 4.78 is 13.2. The van der Waals surface area contributed by atoms with Crippen LogP contribution in [-0.2, 0) is 0 Å². The lowest BCUT2D eigenvalue weighted by atomic mass is 10.2. The average Bonchev–Trinajstić information content (AvgIpc) is 2.12. The van der Waals surface area contributed by atoms with E-state index in [2.05, 4.69) is 0 Å². The van der Waals surface area contributed by atoms with E-state index in [4.69, 9.17) is 11.6 Å². The summed E-state index contributed by atoms with van der Waals surface area (Å²) in [6.07, 6.45) is 1.14. The van der Waals surface area contributed by atoms with Gasteiger partial charge in [0.05, 0.1) is 9.95 Å². The van der Waals surface area contributed by atoms with Gasteiger partial charge in [0, 0.05) is 18.6 Å².